The Kier molecular flexibility index (Phi) is 4.05. The Morgan fingerprint density at radius 1 is 1.25 bits per heavy atom. The van der Waals surface area contributed by atoms with E-state index in [0.717, 1.165) is 43.6 Å². The maximum absolute atomic E-state index is 12.7. The minimum atomic E-state index is 0.0816. The van der Waals surface area contributed by atoms with Crippen molar-refractivity contribution in [3.63, 3.8) is 0 Å². The highest BCUT2D eigenvalue weighted by Crippen LogP contribution is 2.23. The topological polar surface area (TPSA) is 61.0 Å². The third-order valence-corrected chi connectivity index (χ3v) is 4.70. The first-order chi connectivity index (χ1) is 9.77. The van der Waals surface area contributed by atoms with E-state index in [4.69, 9.17) is 0 Å². The summed E-state index contributed by atoms with van der Waals surface area (Å²) in [7, 11) is 1.94. The summed E-state index contributed by atoms with van der Waals surface area (Å²) in [6.45, 7) is 1.71. The number of nitrogens with zero attached hydrogens (tertiary/aromatic N) is 2. The molecule has 5 nitrogen and oxygen atoms in total. The molecule has 1 aliphatic carbocycles. The summed E-state index contributed by atoms with van der Waals surface area (Å²) in [5.41, 5.74) is 2.82. The van der Waals surface area contributed by atoms with E-state index in [9.17, 15) is 4.79 Å². The number of rotatable bonds is 2. The van der Waals surface area contributed by atoms with E-state index in [2.05, 4.69) is 15.5 Å². The Labute approximate surface area is 120 Å². The molecule has 2 heterocycles. The third kappa shape index (κ3) is 2.59. The summed E-state index contributed by atoms with van der Waals surface area (Å²) in [5, 5.41) is 10.6. The quantitative estimate of drug-likeness (QED) is 0.810. The molecule has 1 saturated carbocycles. The minimum absolute atomic E-state index is 0.0816. The van der Waals surface area contributed by atoms with E-state index in [-0.39, 0.29) is 5.91 Å². The number of hydrogen-bond donors (Lipinski definition) is 2. The van der Waals surface area contributed by atoms with Gasteiger partial charge in [0.25, 0.3) is 5.91 Å². The van der Waals surface area contributed by atoms with Crippen LogP contribution in [0.2, 0.25) is 0 Å². The number of H-pyrrole nitrogens is 1. The molecule has 0 aromatic carbocycles. The number of fused-ring (bicyclic) bond motifs is 1. The van der Waals surface area contributed by atoms with Crippen molar-refractivity contribution >= 4 is 5.91 Å². The first-order valence-corrected chi connectivity index (χ1v) is 7.81. The molecule has 0 radical (unpaired) electrons. The van der Waals surface area contributed by atoms with Gasteiger partial charge in [-0.15, -0.1) is 0 Å². The van der Waals surface area contributed by atoms with Crippen LogP contribution in [0.1, 0.15) is 60.3 Å². The molecule has 20 heavy (non-hydrogen) atoms. The van der Waals surface area contributed by atoms with Crippen LogP contribution < -0.4 is 5.32 Å². The van der Waals surface area contributed by atoms with Crippen LogP contribution in [-0.2, 0) is 13.0 Å². The molecule has 1 amide bonds. The number of amides is 1. The molecule has 0 atom stereocenters. The highest BCUT2D eigenvalue weighted by Gasteiger charge is 2.27. The number of hydrogen-bond acceptors (Lipinski definition) is 3. The molecule has 1 aromatic rings. The second-order valence-corrected chi connectivity index (χ2v) is 6.02. The molecule has 0 saturated heterocycles. The normalized spacial score (nSPS) is 20.2. The van der Waals surface area contributed by atoms with Crippen LogP contribution in [0.15, 0.2) is 0 Å². The smallest absolute Gasteiger partial charge is 0.274 e. The third-order valence-electron chi connectivity index (χ3n) is 4.70. The lowest BCUT2D eigenvalue weighted by molar-refractivity contribution is 0.0710. The molecule has 0 unspecified atom stereocenters. The second-order valence-electron chi connectivity index (χ2n) is 6.02. The molecule has 1 aromatic heterocycles. The highest BCUT2D eigenvalue weighted by atomic mass is 16.2. The number of nitrogens with one attached hydrogen (secondary N) is 2. The van der Waals surface area contributed by atoms with Crippen molar-refractivity contribution < 1.29 is 4.79 Å². The summed E-state index contributed by atoms with van der Waals surface area (Å²) >= 11 is 0. The van der Waals surface area contributed by atoms with Crippen LogP contribution in [0, 0.1) is 0 Å². The van der Waals surface area contributed by atoms with Crippen molar-refractivity contribution in [3.8, 4) is 0 Å². The summed E-state index contributed by atoms with van der Waals surface area (Å²) in [4.78, 5) is 14.6. The zero-order chi connectivity index (χ0) is 13.9. The van der Waals surface area contributed by atoms with Gasteiger partial charge in [-0.1, -0.05) is 25.7 Å². The molecule has 3 rings (SSSR count). The van der Waals surface area contributed by atoms with E-state index < -0.39 is 0 Å². The lowest BCUT2D eigenvalue weighted by Gasteiger charge is -2.27. The zero-order valence-corrected chi connectivity index (χ0v) is 12.2. The monoisotopic (exact) mass is 276 g/mol. The largest absolute Gasteiger partial charge is 0.337 e. The van der Waals surface area contributed by atoms with Crippen LogP contribution in [0.5, 0.6) is 0 Å². The fourth-order valence-electron chi connectivity index (χ4n) is 3.38. The first kappa shape index (κ1) is 13.6. The van der Waals surface area contributed by atoms with Gasteiger partial charge in [-0.2, -0.15) is 5.10 Å². The number of carbonyl (C=O) groups is 1. The molecular formula is C15H24N4O. The van der Waals surface area contributed by atoms with Gasteiger partial charge in [0, 0.05) is 43.9 Å². The SMILES string of the molecule is CN(C(=O)c1n[nH]c2c1CNCC2)C1CCCCCC1. The van der Waals surface area contributed by atoms with Crippen molar-refractivity contribution in [1.82, 2.24) is 20.4 Å². The van der Waals surface area contributed by atoms with Gasteiger partial charge in [-0.05, 0) is 12.8 Å². The zero-order valence-electron chi connectivity index (χ0n) is 12.2. The standard InChI is InChI=1S/C15H24N4O/c1-19(11-6-4-2-3-5-7-11)15(20)14-12-10-16-9-8-13(12)17-18-14/h11,16H,2-10H2,1H3,(H,17,18). The molecule has 1 aliphatic heterocycles. The molecule has 5 heteroatoms. The van der Waals surface area contributed by atoms with Gasteiger partial charge in [0.05, 0.1) is 0 Å². The fraction of sp³-hybridized carbons (Fsp3) is 0.733. The molecule has 2 aliphatic rings. The van der Waals surface area contributed by atoms with Crippen molar-refractivity contribution in [1.29, 1.82) is 0 Å². The van der Waals surface area contributed by atoms with Gasteiger partial charge >= 0.3 is 0 Å². The van der Waals surface area contributed by atoms with E-state index in [0.29, 0.717) is 11.7 Å². The highest BCUT2D eigenvalue weighted by molar-refractivity contribution is 5.94. The maximum Gasteiger partial charge on any atom is 0.274 e. The molecule has 0 spiro atoms. The Bertz CT molecular complexity index is 474. The molecule has 0 bridgehead atoms. The van der Waals surface area contributed by atoms with E-state index in [1.165, 1.54) is 25.7 Å². The van der Waals surface area contributed by atoms with Gasteiger partial charge in [0.1, 0.15) is 0 Å². The average molecular weight is 276 g/mol. The Balaban J connectivity index is 1.75. The van der Waals surface area contributed by atoms with Crippen LogP contribution in [0.25, 0.3) is 0 Å². The van der Waals surface area contributed by atoms with Gasteiger partial charge in [0.15, 0.2) is 5.69 Å². The summed E-state index contributed by atoms with van der Waals surface area (Å²) < 4.78 is 0. The number of aromatic nitrogens is 2. The second kappa shape index (κ2) is 5.95. The minimum Gasteiger partial charge on any atom is -0.337 e. The maximum atomic E-state index is 12.7. The predicted molar refractivity (Wildman–Crippen MR) is 77.6 cm³/mol. The van der Waals surface area contributed by atoms with E-state index >= 15 is 0 Å². The van der Waals surface area contributed by atoms with Gasteiger partial charge < -0.3 is 10.2 Å². The molecular weight excluding hydrogens is 252 g/mol. The summed E-state index contributed by atoms with van der Waals surface area (Å²) in [6.07, 6.45) is 8.29. The Morgan fingerprint density at radius 3 is 2.75 bits per heavy atom. The average Bonchev–Trinajstić information content (AvgIpc) is 2.72. The van der Waals surface area contributed by atoms with Crippen molar-refractivity contribution in [2.45, 2.75) is 57.5 Å². The lowest BCUT2D eigenvalue weighted by atomic mass is 10.0. The summed E-state index contributed by atoms with van der Waals surface area (Å²) in [6, 6.07) is 0.383. The van der Waals surface area contributed by atoms with Gasteiger partial charge in [0.2, 0.25) is 0 Å². The number of carbonyl (C=O) groups excluding carboxylic acids is 1. The van der Waals surface area contributed by atoms with Crippen molar-refractivity contribution in [2.24, 2.45) is 0 Å². The van der Waals surface area contributed by atoms with Crippen LogP contribution in [0.3, 0.4) is 0 Å². The number of aromatic amines is 1. The van der Waals surface area contributed by atoms with Crippen molar-refractivity contribution in [2.75, 3.05) is 13.6 Å². The van der Waals surface area contributed by atoms with Crippen molar-refractivity contribution in [3.05, 3.63) is 17.0 Å². The van der Waals surface area contributed by atoms with Crippen LogP contribution in [0.4, 0.5) is 0 Å². The van der Waals surface area contributed by atoms with Crippen LogP contribution in [-0.4, -0.2) is 40.6 Å². The Hall–Kier alpha value is -1.36. The van der Waals surface area contributed by atoms with Gasteiger partial charge in [-0.25, -0.2) is 0 Å². The predicted octanol–water partition coefficient (Wildman–Crippen LogP) is 1.85. The van der Waals surface area contributed by atoms with Crippen LogP contribution >= 0.6 is 0 Å². The lowest BCUT2D eigenvalue weighted by Crippen LogP contribution is -2.38. The molecule has 2 N–H and O–H groups in total. The summed E-state index contributed by atoms with van der Waals surface area (Å²) in [5.74, 6) is 0.0816. The van der Waals surface area contributed by atoms with E-state index in [1.54, 1.807) is 0 Å². The van der Waals surface area contributed by atoms with Gasteiger partial charge in [-0.3, -0.25) is 9.89 Å². The molecule has 1 fully saturated rings. The first-order valence-electron chi connectivity index (χ1n) is 7.81. The van der Waals surface area contributed by atoms with E-state index in [1.807, 2.05) is 11.9 Å². The fourth-order valence-corrected chi connectivity index (χ4v) is 3.38. The molecule has 110 valence electrons. The Morgan fingerprint density at radius 2 is 2.00 bits per heavy atom.